The maximum atomic E-state index is 12.4. The first kappa shape index (κ1) is 17.3. The summed E-state index contributed by atoms with van der Waals surface area (Å²) in [5.41, 5.74) is 2.94. The molecule has 1 amide bonds. The number of hydrogen-bond acceptors (Lipinski definition) is 4. The standard InChI is InChI=1S/C20H24N2O3/c1-24-19-7-5-16(6-8-19)9-10-21-20(23)17-3-2-4-18(15-17)22-11-13-25-14-12-22/h2-8,15H,9-14H2,1H3,(H,21,23). The zero-order chi connectivity index (χ0) is 17.5. The van der Waals surface area contributed by atoms with Crippen molar-refractivity contribution in [3.05, 3.63) is 59.7 Å². The summed E-state index contributed by atoms with van der Waals surface area (Å²) in [4.78, 5) is 14.6. The fourth-order valence-corrected chi connectivity index (χ4v) is 2.88. The normalized spacial score (nSPS) is 14.2. The summed E-state index contributed by atoms with van der Waals surface area (Å²) < 4.78 is 10.5. The van der Waals surface area contributed by atoms with Crippen LogP contribution in [0.1, 0.15) is 15.9 Å². The van der Waals surface area contributed by atoms with Gasteiger partial charge < -0.3 is 19.7 Å². The first-order valence-electron chi connectivity index (χ1n) is 8.60. The average molecular weight is 340 g/mol. The maximum absolute atomic E-state index is 12.4. The lowest BCUT2D eigenvalue weighted by Gasteiger charge is -2.29. The molecule has 1 N–H and O–H groups in total. The van der Waals surface area contributed by atoms with E-state index in [1.165, 1.54) is 5.56 Å². The Labute approximate surface area is 148 Å². The molecule has 1 heterocycles. The number of carbonyl (C=O) groups is 1. The highest BCUT2D eigenvalue weighted by molar-refractivity contribution is 5.95. The number of nitrogens with one attached hydrogen (secondary N) is 1. The van der Waals surface area contributed by atoms with Crippen molar-refractivity contribution in [1.29, 1.82) is 0 Å². The first-order valence-corrected chi connectivity index (χ1v) is 8.60. The van der Waals surface area contributed by atoms with Gasteiger partial charge in [-0.15, -0.1) is 0 Å². The van der Waals surface area contributed by atoms with E-state index in [4.69, 9.17) is 9.47 Å². The van der Waals surface area contributed by atoms with Gasteiger partial charge in [0.15, 0.2) is 0 Å². The van der Waals surface area contributed by atoms with Crippen molar-refractivity contribution < 1.29 is 14.3 Å². The van der Waals surface area contributed by atoms with Crippen LogP contribution in [0.15, 0.2) is 48.5 Å². The average Bonchev–Trinajstić information content (AvgIpc) is 2.69. The van der Waals surface area contributed by atoms with E-state index in [9.17, 15) is 4.79 Å². The van der Waals surface area contributed by atoms with Crippen molar-refractivity contribution in [3.8, 4) is 5.75 Å². The van der Waals surface area contributed by atoms with E-state index >= 15 is 0 Å². The van der Waals surface area contributed by atoms with Crippen molar-refractivity contribution in [3.63, 3.8) is 0 Å². The second-order valence-electron chi connectivity index (χ2n) is 6.00. The second-order valence-corrected chi connectivity index (χ2v) is 6.00. The number of carbonyl (C=O) groups excluding carboxylic acids is 1. The van der Waals surface area contributed by atoms with Crippen LogP contribution < -0.4 is 15.0 Å². The van der Waals surface area contributed by atoms with Crippen LogP contribution in [0.2, 0.25) is 0 Å². The van der Waals surface area contributed by atoms with Gasteiger partial charge in [-0.3, -0.25) is 4.79 Å². The molecule has 5 heteroatoms. The van der Waals surface area contributed by atoms with Crippen LogP contribution >= 0.6 is 0 Å². The quantitative estimate of drug-likeness (QED) is 0.878. The molecule has 1 aliphatic heterocycles. The number of nitrogens with zero attached hydrogens (tertiary/aromatic N) is 1. The lowest BCUT2D eigenvalue weighted by molar-refractivity contribution is 0.0954. The van der Waals surface area contributed by atoms with Gasteiger partial charge in [-0.25, -0.2) is 0 Å². The van der Waals surface area contributed by atoms with Gasteiger partial charge in [-0.1, -0.05) is 18.2 Å². The van der Waals surface area contributed by atoms with Crippen LogP contribution in [0.25, 0.3) is 0 Å². The van der Waals surface area contributed by atoms with Crippen LogP contribution in [-0.2, 0) is 11.2 Å². The van der Waals surface area contributed by atoms with Gasteiger partial charge in [0.2, 0.25) is 0 Å². The van der Waals surface area contributed by atoms with E-state index in [-0.39, 0.29) is 5.91 Å². The molecule has 0 saturated carbocycles. The molecule has 0 atom stereocenters. The van der Waals surface area contributed by atoms with Gasteiger partial charge in [0.1, 0.15) is 5.75 Å². The highest BCUT2D eigenvalue weighted by atomic mass is 16.5. The van der Waals surface area contributed by atoms with E-state index in [1.807, 2.05) is 48.5 Å². The molecule has 0 spiro atoms. The summed E-state index contributed by atoms with van der Waals surface area (Å²) in [6, 6.07) is 15.7. The van der Waals surface area contributed by atoms with E-state index in [0.717, 1.165) is 44.2 Å². The number of morpholine rings is 1. The van der Waals surface area contributed by atoms with Crippen molar-refractivity contribution in [2.24, 2.45) is 0 Å². The SMILES string of the molecule is COc1ccc(CCNC(=O)c2cccc(N3CCOCC3)c2)cc1. The van der Waals surface area contributed by atoms with Crippen molar-refractivity contribution in [2.75, 3.05) is 44.9 Å². The summed E-state index contributed by atoms with van der Waals surface area (Å²) in [7, 11) is 1.65. The molecular formula is C20H24N2O3. The minimum absolute atomic E-state index is 0.0383. The van der Waals surface area contributed by atoms with E-state index < -0.39 is 0 Å². The molecule has 0 aliphatic carbocycles. The molecule has 1 aliphatic rings. The number of methoxy groups -OCH3 is 1. The molecule has 3 rings (SSSR count). The van der Waals surface area contributed by atoms with Crippen molar-refractivity contribution >= 4 is 11.6 Å². The molecule has 25 heavy (non-hydrogen) atoms. The van der Waals surface area contributed by atoms with Gasteiger partial charge in [-0.2, -0.15) is 0 Å². The number of hydrogen-bond donors (Lipinski definition) is 1. The van der Waals surface area contributed by atoms with Gasteiger partial charge in [0.25, 0.3) is 5.91 Å². The Bertz CT molecular complexity index is 694. The van der Waals surface area contributed by atoms with E-state index in [2.05, 4.69) is 10.2 Å². The number of rotatable bonds is 6. The summed E-state index contributed by atoms with van der Waals surface area (Å²) in [5.74, 6) is 0.802. The van der Waals surface area contributed by atoms with Gasteiger partial charge in [0, 0.05) is 30.9 Å². The van der Waals surface area contributed by atoms with Crippen molar-refractivity contribution in [1.82, 2.24) is 5.32 Å². The fraction of sp³-hybridized carbons (Fsp3) is 0.350. The third-order valence-corrected chi connectivity index (χ3v) is 4.34. The Morgan fingerprint density at radius 1 is 1.16 bits per heavy atom. The molecule has 2 aromatic rings. The predicted octanol–water partition coefficient (Wildman–Crippen LogP) is 2.50. The number of anilines is 1. The van der Waals surface area contributed by atoms with E-state index in [1.54, 1.807) is 7.11 Å². The van der Waals surface area contributed by atoms with Gasteiger partial charge >= 0.3 is 0 Å². The first-order chi connectivity index (χ1) is 12.3. The molecule has 5 nitrogen and oxygen atoms in total. The predicted molar refractivity (Wildman–Crippen MR) is 98.5 cm³/mol. The molecule has 0 bridgehead atoms. The Morgan fingerprint density at radius 3 is 2.64 bits per heavy atom. The molecule has 1 saturated heterocycles. The Kier molecular flexibility index (Phi) is 5.90. The number of benzene rings is 2. The minimum Gasteiger partial charge on any atom is -0.497 e. The Morgan fingerprint density at radius 2 is 1.92 bits per heavy atom. The number of ether oxygens (including phenoxy) is 2. The topological polar surface area (TPSA) is 50.8 Å². The molecule has 0 unspecified atom stereocenters. The smallest absolute Gasteiger partial charge is 0.251 e. The summed E-state index contributed by atoms with van der Waals surface area (Å²) >= 11 is 0. The third-order valence-electron chi connectivity index (χ3n) is 4.34. The van der Waals surface area contributed by atoms with Gasteiger partial charge in [0.05, 0.1) is 20.3 Å². The van der Waals surface area contributed by atoms with Crippen LogP contribution in [-0.4, -0.2) is 45.9 Å². The molecule has 0 radical (unpaired) electrons. The van der Waals surface area contributed by atoms with Crippen LogP contribution in [0.3, 0.4) is 0 Å². The lowest BCUT2D eigenvalue weighted by atomic mass is 10.1. The second kappa shape index (κ2) is 8.53. The highest BCUT2D eigenvalue weighted by Gasteiger charge is 2.13. The lowest BCUT2D eigenvalue weighted by Crippen LogP contribution is -2.36. The number of amides is 1. The molecule has 0 aromatic heterocycles. The van der Waals surface area contributed by atoms with E-state index in [0.29, 0.717) is 12.1 Å². The van der Waals surface area contributed by atoms with Gasteiger partial charge in [-0.05, 0) is 42.3 Å². The maximum Gasteiger partial charge on any atom is 0.251 e. The Balaban J connectivity index is 1.53. The van der Waals surface area contributed by atoms with Crippen LogP contribution in [0.4, 0.5) is 5.69 Å². The fourth-order valence-electron chi connectivity index (χ4n) is 2.88. The summed E-state index contributed by atoms with van der Waals surface area (Å²) in [6.07, 6.45) is 0.791. The molecule has 132 valence electrons. The van der Waals surface area contributed by atoms with Crippen LogP contribution in [0, 0.1) is 0 Å². The monoisotopic (exact) mass is 340 g/mol. The largest absolute Gasteiger partial charge is 0.497 e. The summed E-state index contributed by atoms with van der Waals surface area (Å²) in [5, 5.41) is 2.99. The molecular weight excluding hydrogens is 316 g/mol. The van der Waals surface area contributed by atoms with Crippen LogP contribution in [0.5, 0.6) is 5.75 Å². The zero-order valence-electron chi connectivity index (χ0n) is 14.5. The third kappa shape index (κ3) is 4.73. The Hall–Kier alpha value is -2.53. The molecule has 2 aromatic carbocycles. The summed E-state index contributed by atoms with van der Waals surface area (Å²) in [6.45, 7) is 3.80. The minimum atomic E-state index is -0.0383. The zero-order valence-corrected chi connectivity index (χ0v) is 14.5. The van der Waals surface area contributed by atoms with Crippen molar-refractivity contribution in [2.45, 2.75) is 6.42 Å². The molecule has 1 fully saturated rings. The highest BCUT2D eigenvalue weighted by Crippen LogP contribution is 2.17.